The van der Waals surface area contributed by atoms with Crippen molar-refractivity contribution in [3.8, 4) is 0 Å². The van der Waals surface area contributed by atoms with E-state index in [9.17, 15) is 4.79 Å². The van der Waals surface area contributed by atoms with E-state index < -0.39 is 0 Å². The normalized spacial score (nSPS) is 22.4. The van der Waals surface area contributed by atoms with Crippen molar-refractivity contribution in [2.45, 2.75) is 45.6 Å². The van der Waals surface area contributed by atoms with E-state index in [2.05, 4.69) is 39.7 Å². The standard InChI is InChI=1S/C18H29N5O/c1-14(2)10-15-6-4-5-7-23(15)17-11-16(19-13-20-17)22-9-8-21(3)18(24)12-22/h11,13-15H,4-10,12H2,1-3H3. The summed E-state index contributed by atoms with van der Waals surface area (Å²) < 4.78 is 0. The molecule has 6 nitrogen and oxygen atoms in total. The van der Waals surface area contributed by atoms with E-state index in [0.29, 0.717) is 18.5 Å². The van der Waals surface area contributed by atoms with Gasteiger partial charge in [-0.2, -0.15) is 0 Å². The number of rotatable bonds is 4. The van der Waals surface area contributed by atoms with Gasteiger partial charge in [0.1, 0.15) is 18.0 Å². The molecule has 3 rings (SSSR count). The van der Waals surface area contributed by atoms with E-state index >= 15 is 0 Å². The molecule has 0 saturated carbocycles. The molecule has 0 aromatic carbocycles. The van der Waals surface area contributed by atoms with Crippen LogP contribution in [0.2, 0.25) is 0 Å². The maximum absolute atomic E-state index is 12.0. The zero-order valence-electron chi connectivity index (χ0n) is 15.1. The monoisotopic (exact) mass is 331 g/mol. The summed E-state index contributed by atoms with van der Waals surface area (Å²) in [6.45, 7) is 7.62. The van der Waals surface area contributed by atoms with Crippen molar-refractivity contribution < 1.29 is 4.79 Å². The lowest BCUT2D eigenvalue weighted by atomic mass is 9.94. The third-order valence-corrected chi connectivity index (χ3v) is 5.08. The third kappa shape index (κ3) is 3.79. The number of anilines is 2. The van der Waals surface area contributed by atoms with Crippen LogP contribution in [0.5, 0.6) is 0 Å². The first-order chi connectivity index (χ1) is 11.5. The van der Waals surface area contributed by atoms with Crippen LogP contribution in [0, 0.1) is 5.92 Å². The molecule has 1 aromatic rings. The quantitative estimate of drug-likeness (QED) is 0.846. The highest BCUT2D eigenvalue weighted by Gasteiger charge is 2.26. The number of amides is 1. The maximum atomic E-state index is 12.0. The second-order valence-corrected chi connectivity index (χ2v) is 7.44. The fraction of sp³-hybridized carbons (Fsp3) is 0.722. The van der Waals surface area contributed by atoms with Gasteiger partial charge in [-0.3, -0.25) is 4.79 Å². The van der Waals surface area contributed by atoms with Gasteiger partial charge in [0.25, 0.3) is 0 Å². The van der Waals surface area contributed by atoms with E-state index in [1.165, 1.54) is 25.7 Å². The fourth-order valence-corrected chi connectivity index (χ4v) is 3.71. The average Bonchev–Trinajstić information content (AvgIpc) is 2.57. The molecule has 0 aliphatic carbocycles. The van der Waals surface area contributed by atoms with Gasteiger partial charge in [0.05, 0.1) is 6.54 Å². The summed E-state index contributed by atoms with van der Waals surface area (Å²) >= 11 is 0. The van der Waals surface area contributed by atoms with Crippen molar-refractivity contribution in [1.29, 1.82) is 0 Å². The summed E-state index contributed by atoms with van der Waals surface area (Å²) in [5.41, 5.74) is 0. The van der Waals surface area contributed by atoms with Gasteiger partial charge in [-0.05, 0) is 31.6 Å². The van der Waals surface area contributed by atoms with Crippen LogP contribution in [0.3, 0.4) is 0 Å². The second-order valence-electron chi connectivity index (χ2n) is 7.44. The van der Waals surface area contributed by atoms with Crippen molar-refractivity contribution in [2.75, 3.05) is 43.0 Å². The molecule has 1 atom stereocenters. The van der Waals surface area contributed by atoms with Crippen molar-refractivity contribution >= 4 is 17.5 Å². The van der Waals surface area contributed by atoms with E-state index in [1.54, 1.807) is 11.2 Å². The maximum Gasteiger partial charge on any atom is 0.241 e. The number of carbonyl (C=O) groups is 1. The molecular weight excluding hydrogens is 302 g/mol. The Balaban J connectivity index is 1.77. The minimum atomic E-state index is 0.150. The molecule has 6 heteroatoms. The van der Waals surface area contributed by atoms with Crippen LogP contribution in [0.1, 0.15) is 39.5 Å². The van der Waals surface area contributed by atoms with E-state index in [0.717, 1.165) is 31.3 Å². The van der Waals surface area contributed by atoms with Crippen LogP contribution >= 0.6 is 0 Å². The minimum Gasteiger partial charge on any atom is -0.353 e. The summed E-state index contributed by atoms with van der Waals surface area (Å²) in [6.07, 6.45) is 6.62. The second kappa shape index (κ2) is 7.36. The van der Waals surface area contributed by atoms with Gasteiger partial charge < -0.3 is 14.7 Å². The number of aromatic nitrogens is 2. The molecule has 3 heterocycles. The number of piperidine rings is 1. The zero-order valence-corrected chi connectivity index (χ0v) is 15.1. The van der Waals surface area contributed by atoms with Crippen LogP contribution in [-0.4, -0.2) is 60.0 Å². The Hall–Kier alpha value is -1.85. The highest BCUT2D eigenvalue weighted by molar-refractivity contribution is 5.82. The highest BCUT2D eigenvalue weighted by Crippen LogP contribution is 2.28. The van der Waals surface area contributed by atoms with Gasteiger partial charge >= 0.3 is 0 Å². The minimum absolute atomic E-state index is 0.150. The number of hydrogen-bond donors (Lipinski definition) is 0. The van der Waals surface area contributed by atoms with Crippen molar-refractivity contribution in [3.63, 3.8) is 0 Å². The Labute approximate surface area is 144 Å². The highest BCUT2D eigenvalue weighted by atomic mass is 16.2. The Morgan fingerprint density at radius 3 is 2.71 bits per heavy atom. The van der Waals surface area contributed by atoms with Gasteiger partial charge in [0, 0.05) is 38.8 Å². The number of hydrogen-bond acceptors (Lipinski definition) is 5. The molecule has 24 heavy (non-hydrogen) atoms. The molecule has 132 valence electrons. The number of likely N-dealkylation sites (N-methyl/N-ethyl adjacent to an activating group) is 1. The Morgan fingerprint density at radius 1 is 1.17 bits per heavy atom. The fourth-order valence-electron chi connectivity index (χ4n) is 3.71. The summed E-state index contributed by atoms with van der Waals surface area (Å²) in [7, 11) is 1.86. The molecule has 2 fully saturated rings. The molecule has 0 spiro atoms. The van der Waals surface area contributed by atoms with Crippen LogP contribution < -0.4 is 9.80 Å². The van der Waals surface area contributed by atoms with Crippen LogP contribution in [0.15, 0.2) is 12.4 Å². The first-order valence-electron chi connectivity index (χ1n) is 9.12. The molecule has 2 aliphatic heterocycles. The lowest BCUT2D eigenvalue weighted by Gasteiger charge is -2.38. The predicted molar refractivity (Wildman–Crippen MR) is 96.3 cm³/mol. The van der Waals surface area contributed by atoms with Crippen molar-refractivity contribution in [2.24, 2.45) is 5.92 Å². The molecule has 1 amide bonds. The molecule has 1 unspecified atom stereocenters. The molecule has 1 aromatic heterocycles. The molecule has 0 N–H and O–H groups in total. The predicted octanol–water partition coefficient (Wildman–Crippen LogP) is 2.16. The number of piperazine rings is 1. The van der Waals surface area contributed by atoms with Crippen LogP contribution in [-0.2, 0) is 4.79 Å². The zero-order chi connectivity index (χ0) is 17.1. The lowest BCUT2D eigenvalue weighted by molar-refractivity contribution is -0.129. The molecule has 0 radical (unpaired) electrons. The number of carbonyl (C=O) groups excluding carboxylic acids is 1. The van der Waals surface area contributed by atoms with Crippen LogP contribution in [0.4, 0.5) is 11.6 Å². The Bertz CT molecular complexity index is 576. The molecule has 2 aliphatic rings. The Morgan fingerprint density at radius 2 is 1.96 bits per heavy atom. The van der Waals surface area contributed by atoms with Gasteiger partial charge in [-0.25, -0.2) is 9.97 Å². The summed E-state index contributed by atoms with van der Waals surface area (Å²) in [5, 5.41) is 0. The van der Waals surface area contributed by atoms with Gasteiger partial charge in [-0.15, -0.1) is 0 Å². The van der Waals surface area contributed by atoms with E-state index in [-0.39, 0.29) is 5.91 Å². The summed E-state index contributed by atoms with van der Waals surface area (Å²) in [6, 6.07) is 2.63. The Kier molecular flexibility index (Phi) is 5.21. The van der Waals surface area contributed by atoms with Gasteiger partial charge in [-0.1, -0.05) is 13.8 Å². The molecule has 2 saturated heterocycles. The van der Waals surface area contributed by atoms with Crippen molar-refractivity contribution in [3.05, 3.63) is 12.4 Å². The smallest absolute Gasteiger partial charge is 0.241 e. The van der Waals surface area contributed by atoms with Crippen LogP contribution in [0.25, 0.3) is 0 Å². The third-order valence-electron chi connectivity index (χ3n) is 5.08. The first kappa shape index (κ1) is 17.0. The van der Waals surface area contributed by atoms with Gasteiger partial charge in [0.15, 0.2) is 0 Å². The van der Waals surface area contributed by atoms with Crippen molar-refractivity contribution in [1.82, 2.24) is 14.9 Å². The van der Waals surface area contributed by atoms with E-state index in [4.69, 9.17) is 0 Å². The van der Waals surface area contributed by atoms with E-state index in [1.807, 2.05) is 7.05 Å². The lowest BCUT2D eigenvalue weighted by Crippen LogP contribution is -2.49. The number of nitrogens with zero attached hydrogens (tertiary/aromatic N) is 5. The first-order valence-corrected chi connectivity index (χ1v) is 9.12. The summed E-state index contributed by atoms with van der Waals surface area (Å²) in [5.74, 6) is 2.72. The SMILES string of the molecule is CC(C)CC1CCCCN1c1cc(N2CCN(C)C(=O)C2)ncn1. The molecular formula is C18H29N5O. The topological polar surface area (TPSA) is 52.6 Å². The molecule has 0 bridgehead atoms. The largest absolute Gasteiger partial charge is 0.353 e. The summed E-state index contributed by atoms with van der Waals surface area (Å²) in [4.78, 5) is 27.2. The van der Waals surface area contributed by atoms with Gasteiger partial charge in [0.2, 0.25) is 5.91 Å². The average molecular weight is 331 g/mol.